The van der Waals surface area contributed by atoms with Gasteiger partial charge in [-0.25, -0.2) is 0 Å². The van der Waals surface area contributed by atoms with Gasteiger partial charge in [-0.2, -0.15) is 0 Å². The van der Waals surface area contributed by atoms with Crippen molar-refractivity contribution in [2.45, 2.75) is 26.8 Å². The number of aliphatic hydroxyl groups is 1. The van der Waals surface area contributed by atoms with Gasteiger partial charge in [0.1, 0.15) is 5.76 Å². The van der Waals surface area contributed by atoms with Crippen LogP contribution < -0.4 is 0 Å². The van der Waals surface area contributed by atoms with Crippen LogP contribution in [0.15, 0.2) is 48.0 Å². The maximum Gasteiger partial charge on any atom is 0.295 e. The number of carbonyl (C=O) groups excluding carboxylic acids is 2. The SMILES string of the molecule is COCCN1C(=O)C(=O)C(=C(O)c2cc(C)ccc2C)C1c1ccc(C)cc1. The molecule has 1 atom stereocenters. The van der Waals surface area contributed by atoms with Crippen LogP contribution in [0, 0.1) is 20.8 Å². The third-order valence-electron chi connectivity index (χ3n) is 5.12. The van der Waals surface area contributed by atoms with E-state index in [0.717, 1.165) is 22.3 Å². The average molecular weight is 379 g/mol. The summed E-state index contributed by atoms with van der Waals surface area (Å²) >= 11 is 0. The van der Waals surface area contributed by atoms with Gasteiger partial charge in [0, 0.05) is 19.2 Å². The van der Waals surface area contributed by atoms with Gasteiger partial charge in [0.25, 0.3) is 11.7 Å². The molecule has 3 rings (SSSR count). The number of benzene rings is 2. The fourth-order valence-corrected chi connectivity index (χ4v) is 3.53. The molecule has 1 amide bonds. The van der Waals surface area contributed by atoms with E-state index in [1.165, 1.54) is 4.90 Å². The first-order valence-corrected chi connectivity index (χ1v) is 9.26. The van der Waals surface area contributed by atoms with Crippen molar-refractivity contribution in [3.63, 3.8) is 0 Å². The van der Waals surface area contributed by atoms with Crippen LogP contribution in [0.2, 0.25) is 0 Å². The number of amides is 1. The van der Waals surface area contributed by atoms with E-state index in [4.69, 9.17) is 4.74 Å². The standard InChI is InChI=1S/C23H25NO4/c1-14-6-9-17(10-7-14)20-19(22(26)23(27)24(20)11-12-28-4)21(25)18-13-15(2)5-8-16(18)3/h5-10,13,20,25H,11-12H2,1-4H3. The molecular formula is C23H25NO4. The normalized spacial score (nSPS) is 18.7. The van der Waals surface area contributed by atoms with E-state index in [0.29, 0.717) is 12.2 Å². The lowest BCUT2D eigenvalue weighted by molar-refractivity contribution is -0.140. The number of methoxy groups -OCH3 is 1. The van der Waals surface area contributed by atoms with Gasteiger partial charge in [-0.05, 0) is 38.0 Å². The van der Waals surface area contributed by atoms with Gasteiger partial charge in [0.05, 0.1) is 18.2 Å². The van der Waals surface area contributed by atoms with Gasteiger partial charge in [-0.15, -0.1) is 0 Å². The summed E-state index contributed by atoms with van der Waals surface area (Å²) in [7, 11) is 1.55. The summed E-state index contributed by atoms with van der Waals surface area (Å²) in [5.74, 6) is -1.42. The molecule has 2 aromatic rings. The Morgan fingerprint density at radius 3 is 2.32 bits per heavy atom. The molecule has 1 fully saturated rings. The first-order chi connectivity index (χ1) is 13.3. The molecule has 0 spiro atoms. The van der Waals surface area contributed by atoms with E-state index < -0.39 is 17.7 Å². The van der Waals surface area contributed by atoms with Crippen molar-refractivity contribution in [2.24, 2.45) is 0 Å². The zero-order chi connectivity index (χ0) is 20.4. The molecule has 1 saturated heterocycles. The third kappa shape index (κ3) is 3.58. The van der Waals surface area contributed by atoms with Crippen molar-refractivity contribution in [1.29, 1.82) is 0 Å². The van der Waals surface area contributed by atoms with Crippen LogP contribution in [0.5, 0.6) is 0 Å². The highest BCUT2D eigenvalue weighted by atomic mass is 16.5. The van der Waals surface area contributed by atoms with Crippen LogP contribution in [-0.2, 0) is 14.3 Å². The van der Waals surface area contributed by atoms with Crippen molar-refractivity contribution in [3.8, 4) is 0 Å². The lowest BCUT2D eigenvalue weighted by Crippen LogP contribution is -2.32. The number of carbonyl (C=O) groups is 2. The van der Waals surface area contributed by atoms with Crippen LogP contribution >= 0.6 is 0 Å². The van der Waals surface area contributed by atoms with Gasteiger partial charge >= 0.3 is 0 Å². The van der Waals surface area contributed by atoms with Crippen molar-refractivity contribution in [1.82, 2.24) is 4.90 Å². The molecule has 1 N–H and O–H groups in total. The lowest BCUT2D eigenvalue weighted by Gasteiger charge is -2.25. The number of hydrogen-bond acceptors (Lipinski definition) is 4. The number of aliphatic hydroxyl groups excluding tert-OH is 1. The molecule has 28 heavy (non-hydrogen) atoms. The number of nitrogens with zero attached hydrogens (tertiary/aromatic N) is 1. The topological polar surface area (TPSA) is 66.8 Å². The average Bonchev–Trinajstić information content (AvgIpc) is 2.93. The Hall–Kier alpha value is -2.92. The lowest BCUT2D eigenvalue weighted by atomic mass is 9.93. The largest absolute Gasteiger partial charge is 0.507 e. The Balaban J connectivity index is 2.20. The van der Waals surface area contributed by atoms with Crippen LogP contribution in [0.25, 0.3) is 5.76 Å². The van der Waals surface area contributed by atoms with Gasteiger partial charge in [-0.1, -0.05) is 47.5 Å². The monoisotopic (exact) mass is 379 g/mol. The van der Waals surface area contributed by atoms with E-state index in [1.807, 2.05) is 63.2 Å². The molecular weight excluding hydrogens is 354 g/mol. The van der Waals surface area contributed by atoms with Crippen LogP contribution in [0.1, 0.15) is 33.9 Å². The maximum atomic E-state index is 12.9. The van der Waals surface area contributed by atoms with Gasteiger partial charge in [-0.3, -0.25) is 9.59 Å². The molecule has 146 valence electrons. The van der Waals surface area contributed by atoms with E-state index in [-0.39, 0.29) is 17.9 Å². The van der Waals surface area contributed by atoms with Crippen molar-refractivity contribution >= 4 is 17.4 Å². The number of Topliss-reactive ketones (excluding diaryl/α,β-unsaturated/α-hetero) is 1. The fourth-order valence-electron chi connectivity index (χ4n) is 3.53. The molecule has 0 radical (unpaired) electrons. The zero-order valence-electron chi connectivity index (χ0n) is 16.7. The Labute approximate surface area is 165 Å². The van der Waals surface area contributed by atoms with Crippen molar-refractivity contribution in [2.75, 3.05) is 20.3 Å². The van der Waals surface area contributed by atoms with Crippen LogP contribution in [0.4, 0.5) is 0 Å². The minimum absolute atomic E-state index is 0.124. The highest BCUT2D eigenvalue weighted by molar-refractivity contribution is 6.46. The highest BCUT2D eigenvalue weighted by Gasteiger charge is 2.45. The molecule has 1 aliphatic heterocycles. The zero-order valence-corrected chi connectivity index (χ0v) is 16.7. The second kappa shape index (κ2) is 7.98. The Bertz CT molecular complexity index is 944. The van der Waals surface area contributed by atoms with Gasteiger partial charge < -0.3 is 14.7 Å². The quantitative estimate of drug-likeness (QED) is 0.489. The highest BCUT2D eigenvalue weighted by Crippen LogP contribution is 2.39. The minimum Gasteiger partial charge on any atom is -0.507 e. The molecule has 0 bridgehead atoms. The van der Waals surface area contributed by atoms with Gasteiger partial charge in [0.2, 0.25) is 0 Å². The summed E-state index contributed by atoms with van der Waals surface area (Å²) in [4.78, 5) is 27.1. The number of ether oxygens (including phenoxy) is 1. The molecule has 1 aliphatic rings. The summed E-state index contributed by atoms with van der Waals surface area (Å²) in [6.07, 6.45) is 0. The molecule has 2 aromatic carbocycles. The number of hydrogen-bond donors (Lipinski definition) is 1. The molecule has 0 saturated carbocycles. The van der Waals surface area contributed by atoms with E-state index >= 15 is 0 Å². The van der Waals surface area contributed by atoms with Gasteiger partial charge in [0.15, 0.2) is 0 Å². The molecule has 5 heteroatoms. The third-order valence-corrected chi connectivity index (χ3v) is 5.12. The Kier molecular flexibility index (Phi) is 5.66. The van der Waals surface area contributed by atoms with E-state index in [1.54, 1.807) is 7.11 Å². The van der Waals surface area contributed by atoms with E-state index in [2.05, 4.69) is 0 Å². The fraction of sp³-hybridized carbons (Fsp3) is 0.304. The van der Waals surface area contributed by atoms with Crippen LogP contribution in [0.3, 0.4) is 0 Å². The summed E-state index contributed by atoms with van der Waals surface area (Å²) in [6.45, 7) is 6.34. The summed E-state index contributed by atoms with van der Waals surface area (Å²) in [5.41, 5.74) is 4.36. The number of rotatable bonds is 5. The van der Waals surface area contributed by atoms with E-state index in [9.17, 15) is 14.7 Å². The second-order valence-corrected chi connectivity index (χ2v) is 7.21. The first kappa shape index (κ1) is 19.8. The predicted molar refractivity (Wildman–Crippen MR) is 108 cm³/mol. The second-order valence-electron chi connectivity index (χ2n) is 7.21. The van der Waals surface area contributed by atoms with Crippen molar-refractivity contribution in [3.05, 3.63) is 75.9 Å². The maximum absolute atomic E-state index is 12.9. The number of aryl methyl sites for hydroxylation is 3. The Morgan fingerprint density at radius 1 is 1.04 bits per heavy atom. The Morgan fingerprint density at radius 2 is 1.68 bits per heavy atom. The molecule has 0 aliphatic carbocycles. The molecule has 5 nitrogen and oxygen atoms in total. The predicted octanol–water partition coefficient (Wildman–Crippen LogP) is 3.68. The summed E-state index contributed by atoms with van der Waals surface area (Å²) in [5, 5.41) is 11.1. The van der Waals surface area contributed by atoms with Crippen LogP contribution in [-0.4, -0.2) is 42.0 Å². The molecule has 1 heterocycles. The minimum atomic E-state index is -0.667. The summed E-state index contributed by atoms with van der Waals surface area (Å²) < 4.78 is 5.12. The molecule has 0 aromatic heterocycles. The summed E-state index contributed by atoms with van der Waals surface area (Å²) in [6, 6.07) is 12.7. The number of likely N-dealkylation sites (tertiary alicyclic amines) is 1. The molecule has 1 unspecified atom stereocenters. The first-order valence-electron chi connectivity index (χ1n) is 9.26. The smallest absolute Gasteiger partial charge is 0.295 e. The van der Waals surface area contributed by atoms with Crippen molar-refractivity contribution < 1.29 is 19.4 Å². The number of ketones is 1.